The number of β-amino-alcohol motifs (C(OH)–C–C–N with tert-alkyl or cyclic N) is 1. The third kappa shape index (κ3) is 7.33. The lowest BCUT2D eigenvalue weighted by Gasteiger charge is -2.20. The number of carbonyl (C=O) groups is 3. The molecule has 1 heterocycles. The molecule has 0 fully saturated rings. The monoisotopic (exact) mass is 563 g/mol. The van der Waals surface area contributed by atoms with Gasteiger partial charge in [-0.25, -0.2) is 0 Å². The first-order chi connectivity index (χ1) is 17.0. The minimum atomic E-state index is -1.19. The number of aliphatic imine (C=N–C) groups is 1. The van der Waals surface area contributed by atoms with E-state index in [2.05, 4.69) is 42.2 Å². The lowest BCUT2D eigenvalue weighted by atomic mass is 10.0. The smallest absolute Gasteiger partial charge is 0.305 e. The van der Waals surface area contributed by atoms with Crippen molar-refractivity contribution in [3.05, 3.63) is 51.5 Å². The van der Waals surface area contributed by atoms with Gasteiger partial charge < -0.3 is 41.7 Å². The molecule has 2 atom stereocenters. The quantitative estimate of drug-likeness (QED) is 0.231. The van der Waals surface area contributed by atoms with E-state index in [4.69, 9.17) is 0 Å². The molecule has 0 saturated carbocycles. The van der Waals surface area contributed by atoms with E-state index < -0.39 is 42.9 Å². The highest BCUT2D eigenvalue weighted by molar-refractivity contribution is 9.10. The fraction of sp³-hybridized carbons (Fsp3) is 0.304. The van der Waals surface area contributed by atoms with E-state index >= 15 is 0 Å². The van der Waals surface area contributed by atoms with Crippen molar-refractivity contribution in [1.82, 2.24) is 16.0 Å². The van der Waals surface area contributed by atoms with Crippen molar-refractivity contribution in [3.8, 4) is 11.5 Å². The third-order valence-corrected chi connectivity index (χ3v) is 5.75. The summed E-state index contributed by atoms with van der Waals surface area (Å²) in [6, 6.07) is 6.21. The number of carboxylic acids is 1. The number of aryl methyl sites for hydroxylation is 1. The summed E-state index contributed by atoms with van der Waals surface area (Å²) < 4.78 is 0.356. The number of nitrogens with one attached hydrogen (secondary N) is 4. The van der Waals surface area contributed by atoms with Crippen LogP contribution in [0.5, 0.6) is 11.5 Å². The van der Waals surface area contributed by atoms with Crippen LogP contribution in [0.3, 0.4) is 0 Å². The predicted molar refractivity (Wildman–Crippen MR) is 134 cm³/mol. The summed E-state index contributed by atoms with van der Waals surface area (Å²) in [5, 5.41) is 49.8. The van der Waals surface area contributed by atoms with Gasteiger partial charge in [0.2, 0.25) is 5.91 Å². The molecule has 0 aliphatic carbocycles. The minimum Gasteiger partial charge on any atom is -0.508 e. The number of aromatic hydroxyl groups is 2. The Hall–Kier alpha value is -3.84. The molecule has 2 amide bonds. The molecule has 12 nitrogen and oxygen atoms in total. The van der Waals surface area contributed by atoms with Gasteiger partial charge in [0.25, 0.3) is 5.91 Å². The molecule has 36 heavy (non-hydrogen) atoms. The van der Waals surface area contributed by atoms with E-state index in [1.165, 1.54) is 18.2 Å². The number of aliphatic carboxylic acids is 1. The summed E-state index contributed by atoms with van der Waals surface area (Å²) >= 11 is 3.20. The Morgan fingerprint density at radius 3 is 2.61 bits per heavy atom. The first-order valence-corrected chi connectivity index (χ1v) is 11.7. The van der Waals surface area contributed by atoms with Crippen LogP contribution in [0, 0.1) is 6.92 Å². The Kier molecular flexibility index (Phi) is 8.72. The molecule has 0 aromatic heterocycles. The molecule has 192 valence electrons. The Labute approximate surface area is 214 Å². The number of carboxylic acid groups (broad SMARTS) is 1. The molecule has 0 saturated heterocycles. The number of hydrogen-bond donors (Lipinski definition) is 8. The van der Waals surface area contributed by atoms with Gasteiger partial charge in [0.05, 0.1) is 36.1 Å². The second-order valence-electron chi connectivity index (χ2n) is 8.20. The van der Waals surface area contributed by atoms with Crippen LogP contribution in [-0.2, 0) is 9.59 Å². The van der Waals surface area contributed by atoms with Crippen molar-refractivity contribution in [2.24, 2.45) is 4.99 Å². The molecular formula is C23H26BrN5O7. The summed E-state index contributed by atoms with van der Waals surface area (Å²) in [6.45, 7) is 1.78. The van der Waals surface area contributed by atoms with Crippen molar-refractivity contribution in [2.45, 2.75) is 25.5 Å². The average Bonchev–Trinajstić information content (AvgIpc) is 2.80. The highest BCUT2D eigenvalue weighted by Crippen LogP contribution is 2.34. The average molecular weight is 564 g/mol. The Bertz CT molecular complexity index is 1200. The maximum atomic E-state index is 12.6. The number of aliphatic hydroxyl groups excluding tert-OH is 1. The van der Waals surface area contributed by atoms with Crippen LogP contribution in [0.1, 0.15) is 33.9 Å². The molecule has 2 aromatic rings. The van der Waals surface area contributed by atoms with Crippen LogP contribution >= 0.6 is 15.9 Å². The minimum absolute atomic E-state index is 0.0593. The number of hydrogen-bond acceptors (Lipinski definition) is 9. The van der Waals surface area contributed by atoms with Gasteiger partial charge in [0.15, 0.2) is 5.96 Å². The Morgan fingerprint density at radius 1 is 1.19 bits per heavy atom. The van der Waals surface area contributed by atoms with Gasteiger partial charge >= 0.3 is 5.97 Å². The Morgan fingerprint density at radius 2 is 1.94 bits per heavy atom. The fourth-order valence-electron chi connectivity index (χ4n) is 3.51. The van der Waals surface area contributed by atoms with E-state index in [-0.39, 0.29) is 29.2 Å². The van der Waals surface area contributed by atoms with Crippen LogP contribution in [-0.4, -0.2) is 69.9 Å². The van der Waals surface area contributed by atoms with Crippen molar-refractivity contribution in [2.75, 3.05) is 25.0 Å². The number of carbonyl (C=O) groups excluding carboxylic acids is 2. The van der Waals surface area contributed by atoms with E-state index in [0.717, 1.165) is 5.56 Å². The molecule has 0 radical (unpaired) electrons. The second-order valence-corrected chi connectivity index (χ2v) is 9.06. The second kappa shape index (κ2) is 11.7. The molecule has 3 rings (SSSR count). The number of amides is 2. The molecule has 1 aliphatic heterocycles. The number of anilines is 1. The summed E-state index contributed by atoms with van der Waals surface area (Å²) in [5.41, 5.74) is 1.38. The van der Waals surface area contributed by atoms with Crippen LogP contribution in [0.2, 0.25) is 0 Å². The van der Waals surface area contributed by atoms with Crippen LogP contribution in [0.15, 0.2) is 39.8 Å². The highest BCUT2D eigenvalue weighted by atomic mass is 79.9. The summed E-state index contributed by atoms with van der Waals surface area (Å²) in [4.78, 5) is 40.6. The zero-order valence-electron chi connectivity index (χ0n) is 19.2. The van der Waals surface area contributed by atoms with Crippen LogP contribution in [0.25, 0.3) is 0 Å². The van der Waals surface area contributed by atoms with E-state index in [1.807, 2.05) is 0 Å². The van der Waals surface area contributed by atoms with Crippen LogP contribution in [0.4, 0.5) is 5.69 Å². The normalized spacial score (nSPS) is 15.8. The SMILES string of the molecule is Cc1cc(Br)c(O)c(C(CC(=O)O)NC(=O)CNC(=O)c2cc(O)cc(NC3=NCC(O)CN3)c2)c1. The van der Waals surface area contributed by atoms with Gasteiger partial charge in [-0.3, -0.25) is 19.4 Å². The largest absolute Gasteiger partial charge is 0.508 e. The number of guanidine groups is 1. The zero-order valence-corrected chi connectivity index (χ0v) is 20.8. The van der Waals surface area contributed by atoms with Crippen molar-refractivity contribution < 1.29 is 34.8 Å². The first kappa shape index (κ1) is 26.8. The standard InChI is InChI=1S/C23H26BrN5O7/c1-11-2-16(21(35)17(24)3-11)18(7-20(33)34)29-19(32)10-25-22(36)12-4-13(6-14(30)5-12)28-23-26-8-15(31)9-27-23/h2-6,15,18,30-31,35H,7-10H2,1H3,(H,25,36)(H,29,32)(H,33,34)(H2,26,27,28). The van der Waals surface area contributed by atoms with E-state index in [0.29, 0.717) is 22.7 Å². The number of phenols is 2. The molecule has 2 unspecified atom stereocenters. The summed E-state index contributed by atoms with van der Waals surface area (Å²) in [7, 11) is 0. The first-order valence-electron chi connectivity index (χ1n) is 10.9. The summed E-state index contributed by atoms with van der Waals surface area (Å²) in [6.07, 6.45) is -1.08. The predicted octanol–water partition coefficient (Wildman–Crippen LogP) is 0.963. The number of rotatable bonds is 8. The van der Waals surface area contributed by atoms with Gasteiger partial charge in [-0.15, -0.1) is 0 Å². The lowest BCUT2D eigenvalue weighted by Crippen LogP contribution is -2.42. The van der Waals surface area contributed by atoms with Gasteiger partial charge in [-0.05, 0) is 46.6 Å². The number of aliphatic hydroxyl groups is 1. The molecule has 0 spiro atoms. The van der Waals surface area contributed by atoms with Crippen molar-refractivity contribution >= 4 is 45.4 Å². The van der Waals surface area contributed by atoms with Gasteiger partial charge in [0.1, 0.15) is 11.5 Å². The van der Waals surface area contributed by atoms with Gasteiger partial charge in [-0.1, -0.05) is 6.07 Å². The highest BCUT2D eigenvalue weighted by Gasteiger charge is 2.23. The number of benzene rings is 2. The summed E-state index contributed by atoms with van der Waals surface area (Å²) in [5.74, 6) is -2.55. The van der Waals surface area contributed by atoms with Gasteiger partial charge in [-0.2, -0.15) is 0 Å². The van der Waals surface area contributed by atoms with E-state index in [1.54, 1.807) is 19.1 Å². The number of nitrogens with zero attached hydrogens (tertiary/aromatic N) is 1. The van der Waals surface area contributed by atoms with Crippen LogP contribution < -0.4 is 21.3 Å². The molecule has 2 aromatic carbocycles. The van der Waals surface area contributed by atoms with E-state index in [9.17, 15) is 34.8 Å². The molecular weight excluding hydrogens is 538 g/mol. The maximum Gasteiger partial charge on any atom is 0.305 e. The number of halogens is 1. The number of phenolic OH excluding ortho intramolecular Hbond substituents is 2. The van der Waals surface area contributed by atoms with Crippen molar-refractivity contribution in [3.63, 3.8) is 0 Å². The topological polar surface area (TPSA) is 193 Å². The maximum absolute atomic E-state index is 12.6. The molecule has 8 N–H and O–H groups in total. The molecule has 13 heteroatoms. The Balaban J connectivity index is 1.66. The lowest BCUT2D eigenvalue weighted by molar-refractivity contribution is -0.137. The molecule has 0 bridgehead atoms. The third-order valence-electron chi connectivity index (χ3n) is 5.14. The van der Waals surface area contributed by atoms with Crippen molar-refractivity contribution in [1.29, 1.82) is 0 Å². The molecule has 1 aliphatic rings. The fourth-order valence-corrected chi connectivity index (χ4v) is 4.10. The van der Waals surface area contributed by atoms with Gasteiger partial charge in [0, 0.05) is 29.4 Å². The zero-order chi connectivity index (χ0) is 26.4.